The minimum absolute atomic E-state index is 0.0203. The zero-order chi connectivity index (χ0) is 17.3. The lowest BCUT2D eigenvalue weighted by atomic mass is 9.98. The molecule has 0 saturated carbocycles. The molecule has 0 radical (unpaired) electrons. The standard InChI is InChI=1S/C18H20N4O3/c1-24-11-15(23)22-8-7-18(12-22)16-13(10-25-18)9-19-17(21-16)20-14-5-3-2-4-6-14/h2-6,9H,7-8,10-12H2,1H3,(H,19,20,21)/t18-/m0/s1. The van der Waals surface area contributed by atoms with E-state index in [1.807, 2.05) is 36.5 Å². The molecule has 2 aromatic rings. The molecule has 0 aliphatic carbocycles. The van der Waals surface area contributed by atoms with Crippen molar-refractivity contribution in [3.05, 3.63) is 47.8 Å². The number of hydrogen-bond acceptors (Lipinski definition) is 6. The molecule has 1 saturated heterocycles. The summed E-state index contributed by atoms with van der Waals surface area (Å²) in [6.07, 6.45) is 2.54. The van der Waals surface area contributed by atoms with E-state index in [4.69, 9.17) is 14.5 Å². The van der Waals surface area contributed by atoms with Crippen LogP contribution in [0.1, 0.15) is 17.7 Å². The molecule has 1 spiro atoms. The van der Waals surface area contributed by atoms with Crippen molar-refractivity contribution in [3.63, 3.8) is 0 Å². The molecule has 0 unspecified atom stereocenters. The first kappa shape index (κ1) is 16.0. The van der Waals surface area contributed by atoms with Gasteiger partial charge in [0.1, 0.15) is 12.2 Å². The Morgan fingerprint density at radius 1 is 1.40 bits per heavy atom. The van der Waals surface area contributed by atoms with E-state index in [2.05, 4.69) is 10.3 Å². The van der Waals surface area contributed by atoms with Crippen LogP contribution in [0.25, 0.3) is 0 Å². The average molecular weight is 340 g/mol. The van der Waals surface area contributed by atoms with Gasteiger partial charge in [-0.15, -0.1) is 0 Å². The van der Waals surface area contributed by atoms with Gasteiger partial charge in [-0.2, -0.15) is 0 Å². The molecule has 4 rings (SSSR count). The lowest BCUT2D eigenvalue weighted by Crippen LogP contribution is -2.36. The summed E-state index contributed by atoms with van der Waals surface area (Å²) in [6, 6.07) is 9.79. The molecule has 7 nitrogen and oxygen atoms in total. The monoisotopic (exact) mass is 340 g/mol. The van der Waals surface area contributed by atoms with Crippen molar-refractivity contribution in [3.8, 4) is 0 Å². The maximum Gasteiger partial charge on any atom is 0.248 e. The van der Waals surface area contributed by atoms with Gasteiger partial charge in [0, 0.05) is 37.5 Å². The normalized spacial score (nSPS) is 21.6. The van der Waals surface area contributed by atoms with Crippen molar-refractivity contribution in [1.82, 2.24) is 14.9 Å². The highest BCUT2D eigenvalue weighted by molar-refractivity contribution is 5.78. The van der Waals surface area contributed by atoms with Gasteiger partial charge in [-0.25, -0.2) is 9.97 Å². The second-order valence-corrected chi connectivity index (χ2v) is 6.34. The number of benzene rings is 1. The van der Waals surface area contributed by atoms with Crippen LogP contribution >= 0.6 is 0 Å². The van der Waals surface area contributed by atoms with Gasteiger partial charge in [0.25, 0.3) is 0 Å². The summed E-state index contributed by atoms with van der Waals surface area (Å²) in [4.78, 5) is 23.0. The summed E-state index contributed by atoms with van der Waals surface area (Å²) in [5.41, 5.74) is 2.27. The predicted octanol–water partition coefficient (Wildman–Crippen LogP) is 1.82. The maximum atomic E-state index is 12.1. The number of aromatic nitrogens is 2. The van der Waals surface area contributed by atoms with Gasteiger partial charge in [-0.05, 0) is 12.1 Å². The number of hydrogen-bond donors (Lipinski definition) is 1. The zero-order valence-corrected chi connectivity index (χ0v) is 14.1. The van der Waals surface area contributed by atoms with Crippen molar-refractivity contribution in [2.24, 2.45) is 0 Å². The third kappa shape index (κ3) is 2.96. The number of para-hydroxylation sites is 1. The quantitative estimate of drug-likeness (QED) is 0.915. The molecule has 7 heteroatoms. The Morgan fingerprint density at radius 3 is 3.04 bits per heavy atom. The second kappa shape index (κ2) is 6.42. The number of carbonyl (C=O) groups is 1. The molecule has 1 N–H and O–H groups in total. The fourth-order valence-electron chi connectivity index (χ4n) is 3.42. The number of nitrogens with one attached hydrogen (secondary N) is 1. The molecule has 1 aromatic heterocycles. The minimum Gasteiger partial charge on any atom is -0.375 e. The second-order valence-electron chi connectivity index (χ2n) is 6.34. The Morgan fingerprint density at radius 2 is 2.24 bits per heavy atom. The van der Waals surface area contributed by atoms with Crippen LogP contribution in [0.15, 0.2) is 36.5 Å². The molecule has 3 heterocycles. The van der Waals surface area contributed by atoms with E-state index in [-0.39, 0.29) is 12.5 Å². The fourth-order valence-corrected chi connectivity index (χ4v) is 3.42. The SMILES string of the molecule is COCC(=O)N1CC[C@@]2(C1)OCc1cnc(Nc3ccccc3)nc12. The Hall–Kier alpha value is -2.51. The molecule has 2 aliphatic rings. The number of ether oxygens (including phenoxy) is 2. The predicted molar refractivity (Wildman–Crippen MR) is 91.3 cm³/mol. The molecule has 130 valence electrons. The third-order valence-electron chi connectivity index (χ3n) is 4.68. The van der Waals surface area contributed by atoms with E-state index in [0.29, 0.717) is 25.6 Å². The highest BCUT2D eigenvalue weighted by Crippen LogP contribution is 2.42. The Labute approximate surface area is 146 Å². The first-order valence-electron chi connectivity index (χ1n) is 8.29. The van der Waals surface area contributed by atoms with E-state index in [0.717, 1.165) is 23.4 Å². The van der Waals surface area contributed by atoms with Gasteiger partial charge in [0.2, 0.25) is 11.9 Å². The summed E-state index contributed by atoms with van der Waals surface area (Å²) in [5.74, 6) is 0.518. The number of nitrogens with zero attached hydrogens (tertiary/aromatic N) is 3. The average Bonchev–Trinajstić information content (AvgIpc) is 3.22. The molecular weight excluding hydrogens is 320 g/mol. The topological polar surface area (TPSA) is 76.6 Å². The molecule has 1 aromatic carbocycles. The van der Waals surface area contributed by atoms with Crippen molar-refractivity contribution in [2.75, 3.05) is 32.1 Å². The van der Waals surface area contributed by atoms with Gasteiger partial charge in [0.15, 0.2) is 0 Å². The molecule has 2 aliphatic heterocycles. The van der Waals surface area contributed by atoms with Crippen LogP contribution in [-0.4, -0.2) is 47.6 Å². The molecule has 0 bridgehead atoms. The molecule has 1 amide bonds. The van der Waals surface area contributed by atoms with Crippen LogP contribution in [0.2, 0.25) is 0 Å². The van der Waals surface area contributed by atoms with Gasteiger partial charge in [-0.3, -0.25) is 4.79 Å². The smallest absolute Gasteiger partial charge is 0.248 e. The maximum absolute atomic E-state index is 12.1. The van der Waals surface area contributed by atoms with Crippen LogP contribution in [-0.2, 0) is 26.5 Å². The van der Waals surface area contributed by atoms with Crippen molar-refractivity contribution in [1.29, 1.82) is 0 Å². The number of carbonyl (C=O) groups excluding carboxylic acids is 1. The summed E-state index contributed by atoms with van der Waals surface area (Å²) < 4.78 is 11.0. The lowest BCUT2D eigenvalue weighted by Gasteiger charge is -2.24. The highest BCUT2D eigenvalue weighted by Gasteiger charge is 2.48. The van der Waals surface area contributed by atoms with Crippen molar-refractivity contribution >= 4 is 17.5 Å². The number of methoxy groups -OCH3 is 1. The number of anilines is 2. The lowest BCUT2D eigenvalue weighted by molar-refractivity contribution is -0.135. The Kier molecular flexibility index (Phi) is 4.10. The Balaban J connectivity index is 1.57. The van der Waals surface area contributed by atoms with Crippen LogP contribution < -0.4 is 5.32 Å². The molecular formula is C18H20N4O3. The largest absolute Gasteiger partial charge is 0.375 e. The summed E-state index contributed by atoms with van der Waals surface area (Å²) in [5, 5.41) is 3.22. The van der Waals surface area contributed by atoms with Crippen LogP contribution in [0.5, 0.6) is 0 Å². The number of rotatable bonds is 4. The number of fused-ring (bicyclic) bond motifs is 2. The van der Waals surface area contributed by atoms with Crippen LogP contribution in [0, 0.1) is 0 Å². The molecule has 1 atom stereocenters. The molecule has 25 heavy (non-hydrogen) atoms. The first-order chi connectivity index (χ1) is 12.2. The van der Waals surface area contributed by atoms with E-state index in [1.54, 1.807) is 4.90 Å². The summed E-state index contributed by atoms with van der Waals surface area (Å²) in [6.45, 7) is 1.72. The van der Waals surface area contributed by atoms with E-state index in [9.17, 15) is 4.79 Å². The number of amides is 1. The first-order valence-corrected chi connectivity index (χ1v) is 8.29. The third-order valence-corrected chi connectivity index (χ3v) is 4.68. The van der Waals surface area contributed by atoms with Gasteiger partial charge in [-0.1, -0.05) is 18.2 Å². The minimum atomic E-state index is -0.533. The van der Waals surface area contributed by atoms with E-state index < -0.39 is 5.60 Å². The van der Waals surface area contributed by atoms with Crippen LogP contribution in [0.3, 0.4) is 0 Å². The van der Waals surface area contributed by atoms with Gasteiger partial charge >= 0.3 is 0 Å². The zero-order valence-electron chi connectivity index (χ0n) is 14.1. The van der Waals surface area contributed by atoms with Crippen molar-refractivity contribution < 1.29 is 14.3 Å². The van der Waals surface area contributed by atoms with Crippen molar-refractivity contribution in [2.45, 2.75) is 18.6 Å². The summed E-state index contributed by atoms with van der Waals surface area (Å²) >= 11 is 0. The van der Waals surface area contributed by atoms with E-state index >= 15 is 0 Å². The van der Waals surface area contributed by atoms with Gasteiger partial charge in [0.05, 0.1) is 18.8 Å². The van der Waals surface area contributed by atoms with Gasteiger partial charge < -0.3 is 19.7 Å². The highest BCUT2D eigenvalue weighted by atomic mass is 16.5. The summed E-state index contributed by atoms with van der Waals surface area (Å²) in [7, 11) is 1.53. The molecule has 1 fully saturated rings. The number of likely N-dealkylation sites (tertiary alicyclic amines) is 1. The Bertz CT molecular complexity index is 783. The van der Waals surface area contributed by atoms with E-state index in [1.165, 1.54) is 7.11 Å². The fraction of sp³-hybridized carbons (Fsp3) is 0.389. The van der Waals surface area contributed by atoms with Crippen LogP contribution in [0.4, 0.5) is 11.6 Å².